The molecule has 8 nitrogen and oxygen atoms in total. The number of hydrogen-bond donors (Lipinski definition) is 2. The van der Waals surface area contributed by atoms with E-state index >= 15 is 0 Å². The Bertz CT molecular complexity index is 854. The minimum Gasteiger partial charge on any atom is -0.733 e. The van der Waals surface area contributed by atoms with E-state index in [1.807, 2.05) is 30.3 Å². The van der Waals surface area contributed by atoms with Crippen LogP contribution in [0.5, 0.6) is 5.75 Å². The van der Waals surface area contributed by atoms with E-state index in [9.17, 15) is 5.21 Å². The summed E-state index contributed by atoms with van der Waals surface area (Å²) in [6.45, 7) is 0.298. The third kappa shape index (κ3) is 3.25. The van der Waals surface area contributed by atoms with Gasteiger partial charge in [0, 0.05) is 0 Å². The van der Waals surface area contributed by atoms with Crippen LogP contribution < -0.4 is 15.4 Å². The zero-order chi connectivity index (χ0) is 17.2. The number of para-hydroxylation sites is 1. The Hall–Kier alpha value is -2.75. The Morgan fingerprint density at radius 2 is 1.92 bits per heavy atom. The van der Waals surface area contributed by atoms with Crippen LogP contribution in [-0.4, -0.2) is 20.1 Å². The lowest BCUT2D eigenvalue weighted by atomic mass is 10.2. The lowest BCUT2D eigenvalue weighted by molar-refractivity contribution is 0.291. The summed E-state index contributed by atoms with van der Waals surface area (Å²) in [5, 5.41) is 28.6. The maximum absolute atomic E-state index is 10.9. The predicted molar refractivity (Wildman–Crippen MR) is 92.8 cm³/mol. The molecule has 2 aromatic carbocycles. The average molecular weight is 356 g/mol. The molecule has 0 radical (unpaired) electrons. The van der Waals surface area contributed by atoms with Crippen LogP contribution in [0.4, 0.5) is 5.69 Å². The van der Waals surface area contributed by atoms with Gasteiger partial charge in [-0.1, -0.05) is 42.1 Å². The van der Waals surface area contributed by atoms with Crippen LogP contribution in [0, 0.1) is 5.21 Å². The maximum atomic E-state index is 10.9. The summed E-state index contributed by atoms with van der Waals surface area (Å²) in [6.07, 6.45) is 0. The highest BCUT2D eigenvalue weighted by Gasteiger charge is 2.27. The van der Waals surface area contributed by atoms with E-state index in [1.54, 1.807) is 28.9 Å². The maximum Gasteiger partial charge on any atom is 0.212 e. The van der Waals surface area contributed by atoms with E-state index in [1.165, 1.54) is 11.8 Å². The van der Waals surface area contributed by atoms with Gasteiger partial charge in [-0.25, -0.2) is 4.68 Å². The standard InChI is InChI=1S/C16H14N5O3S/c22-21(23)12-8-6-11(7-9-12)15-19-20-14(17-18-16(20)25-15)10-24-13-4-2-1-3-5-13/h1-9,15,19,22H,10H2/q-1. The van der Waals surface area contributed by atoms with E-state index in [0.717, 1.165) is 16.5 Å². The van der Waals surface area contributed by atoms with E-state index in [-0.39, 0.29) is 16.3 Å². The van der Waals surface area contributed by atoms with Gasteiger partial charge < -0.3 is 20.6 Å². The first kappa shape index (κ1) is 15.8. The van der Waals surface area contributed by atoms with Crippen molar-refractivity contribution in [2.75, 3.05) is 10.7 Å². The minimum absolute atomic E-state index is 0.0613. The molecular weight excluding hydrogens is 342 g/mol. The van der Waals surface area contributed by atoms with Crippen LogP contribution in [0.15, 0.2) is 59.8 Å². The molecule has 0 saturated carbocycles. The van der Waals surface area contributed by atoms with E-state index < -0.39 is 0 Å². The van der Waals surface area contributed by atoms with Gasteiger partial charge in [0.1, 0.15) is 17.7 Å². The number of fused-ring (bicyclic) bond motifs is 1. The van der Waals surface area contributed by atoms with E-state index in [2.05, 4.69) is 15.6 Å². The molecule has 0 aliphatic carbocycles. The number of thioether (sulfide) groups is 1. The van der Waals surface area contributed by atoms with E-state index in [4.69, 9.17) is 9.94 Å². The topological polar surface area (TPSA) is 98.5 Å². The molecule has 0 saturated heterocycles. The van der Waals surface area contributed by atoms with Gasteiger partial charge in [0.15, 0.2) is 5.82 Å². The number of anilines is 1. The summed E-state index contributed by atoms with van der Waals surface area (Å²) in [4.78, 5) is 0. The SMILES string of the molecule is [O-]N(O)c1ccc(C2Nn3c(COc4ccccc4)nnc3S2)cc1. The normalized spacial score (nSPS) is 15.5. The van der Waals surface area contributed by atoms with Gasteiger partial charge in [-0.3, -0.25) is 5.21 Å². The second-order valence-corrected chi connectivity index (χ2v) is 6.40. The lowest BCUT2D eigenvalue weighted by Gasteiger charge is -2.22. The first-order valence-corrected chi connectivity index (χ1v) is 8.40. The van der Waals surface area contributed by atoms with Gasteiger partial charge >= 0.3 is 0 Å². The smallest absolute Gasteiger partial charge is 0.212 e. The molecule has 0 bridgehead atoms. The number of hydrogen-bond acceptors (Lipinski definition) is 8. The van der Waals surface area contributed by atoms with Crippen molar-refractivity contribution in [3.63, 3.8) is 0 Å². The summed E-state index contributed by atoms with van der Waals surface area (Å²) in [6, 6.07) is 16.2. The first-order chi connectivity index (χ1) is 12.2. The van der Waals surface area contributed by atoms with Crippen molar-refractivity contribution in [3.05, 3.63) is 71.2 Å². The largest absolute Gasteiger partial charge is 0.733 e. The highest BCUT2D eigenvalue weighted by Crippen LogP contribution is 2.38. The Morgan fingerprint density at radius 3 is 2.64 bits per heavy atom. The van der Waals surface area contributed by atoms with Crippen LogP contribution in [0.25, 0.3) is 0 Å². The molecule has 1 unspecified atom stereocenters. The number of rotatable bonds is 5. The lowest BCUT2D eigenvalue weighted by Crippen LogP contribution is -2.17. The Morgan fingerprint density at radius 1 is 1.16 bits per heavy atom. The van der Waals surface area contributed by atoms with Crippen molar-refractivity contribution >= 4 is 17.4 Å². The van der Waals surface area contributed by atoms with Crippen LogP contribution in [0.3, 0.4) is 0 Å². The molecule has 0 spiro atoms. The third-order valence-corrected chi connectivity index (χ3v) is 4.79. The van der Waals surface area contributed by atoms with Crippen LogP contribution in [-0.2, 0) is 6.61 Å². The number of nitrogens with one attached hydrogen (secondary N) is 1. The zero-order valence-corrected chi connectivity index (χ0v) is 13.8. The summed E-state index contributed by atoms with van der Waals surface area (Å²) in [7, 11) is 0. The first-order valence-electron chi connectivity index (χ1n) is 7.52. The van der Waals surface area contributed by atoms with Gasteiger partial charge in [-0.05, 0) is 29.8 Å². The van der Waals surface area contributed by atoms with Crippen molar-refractivity contribution in [1.82, 2.24) is 14.9 Å². The molecule has 2 heterocycles. The molecule has 128 valence electrons. The highest BCUT2D eigenvalue weighted by atomic mass is 32.2. The summed E-state index contributed by atoms with van der Waals surface area (Å²) < 4.78 is 7.52. The average Bonchev–Trinajstić information content (AvgIpc) is 3.22. The Kier molecular flexibility index (Phi) is 4.18. The van der Waals surface area contributed by atoms with Crippen molar-refractivity contribution < 1.29 is 9.94 Å². The fraction of sp³-hybridized carbons (Fsp3) is 0.125. The second kappa shape index (κ2) is 6.63. The molecule has 1 aromatic heterocycles. The number of ether oxygens (including phenoxy) is 1. The second-order valence-electron chi connectivity index (χ2n) is 5.33. The van der Waals surface area contributed by atoms with Crippen LogP contribution in [0.1, 0.15) is 16.8 Å². The Labute approximate surface area is 147 Å². The summed E-state index contributed by atoms with van der Waals surface area (Å²) in [5.41, 5.74) is 4.44. The molecule has 0 amide bonds. The third-order valence-electron chi connectivity index (χ3n) is 3.70. The number of benzene rings is 2. The molecule has 4 rings (SSSR count). The number of nitrogens with zero attached hydrogens (tertiary/aromatic N) is 4. The highest BCUT2D eigenvalue weighted by molar-refractivity contribution is 7.99. The minimum atomic E-state index is -0.160. The predicted octanol–water partition coefficient (Wildman–Crippen LogP) is 2.90. The van der Waals surface area contributed by atoms with Gasteiger partial charge in [0.2, 0.25) is 5.16 Å². The molecule has 1 aliphatic rings. The summed E-state index contributed by atoms with van der Waals surface area (Å²) >= 11 is 1.51. The van der Waals surface area contributed by atoms with Crippen LogP contribution >= 0.6 is 11.8 Å². The fourth-order valence-electron chi connectivity index (χ4n) is 2.43. The van der Waals surface area contributed by atoms with Gasteiger partial charge in [-0.15, -0.1) is 10.2 Å². The molecule has 9 heteroatoms. The quantitative estimate of drug-likeness (QED) is 0.673. The van der Waals surface area contributed by atoms with Crippen molar-refractivity contribution in [1.29, 1.82) is 0 Å². The molecule has 25 heavy (non-hydrogen) atoms. The van der Waals surface area contributed by atoms with Crippen molar-refractivity contribution in [3.8, 4) is 5.75 Å². The van der Waals surface area contributed by atoms with Gasteiger partial charge in [0.05, 0.1) is 5.69 Å². The number of aromatic nitrogens is 3. The molecule has 1 aliphatic heterocycles. The van der Waals surface area contributed by atoms with Gasteiger partial charge in [0.25, 0.3) is 0 Å². The van der Waals surface area contributed by atoms with Crippen molar-refractivity contribution in [2.24, 2.45) is 0 Å². The fourth-order valence-corrected chi connectivity index (χ4v) is 3.45. The van der Waals surface area contributed by atoms with Crippen LogP contribution in [0.2, 0.25) is 0 Å². The zero-order valence-electron chi connectivity index (χ0n) is 12.9. The molecular formula is C16H14N5O3S-. The molecule has 3 aromatic rings. The molecule has 0 fully saturated rings. The van der Waals surface area contributed by atoms with E-state index in [0.29, 0.717) is 12.4 Å². The van der Waals surface area contributed by atoms with Crippen molar-refractivity contribution in [2.45, 2.75) is 17.1 Å². The summed E-state index contributed by atoms with van der Waals surface area (Å²) in [5.74, 6) is 1.44. The molecule has 1 atom stereocenters. The Balaban J connectivity index is 1.45. The molecule has 2 N–H and O–H groups in total. The van der Waals surface area contributed by atoms with Gasteiger partial charge in [-0.2, -0.15) is 0 Å². The monoisotopic (exact) mass is 356 g/mol.